The first kappa shape index (κ1) is 24.0. The van der Waals surface area contributed by atoms with E-state index in [0.717, 1.165) is 57.4 Å². The summed E-state index contributed by atoms with van der Waals surface area (Å²) in [5.41, 5.74) is 8.41. The molecule has 0 aliphatic heterocycles. The summed E-state index contributed by atoms with van der Waals surface area (Å²) in [7, 11) is 0. The number of aromatic amines is 2. The van der Waals surface area contributed by atoms with Crippen LogP contribution in [0.1, 0.15) is 47.3 Å². The standard InChI is InChI=1S/C30H24ClFN6/c31-27-16-25(32)13-14-26(27)30(21-2-1-3-21)29(23-11-9-20(10-12-23)24-17-33-34-18-24)22-7-4-19(5-8-22)6-15-28-35-37-38-36-28/h4-18,21H,1-3H2,(H,33,34)(H,35,36,37,38). The van der Waals surface area contributed by atoms with Crippen LogP contribution in [0.25, 0.3) is 34.4 Å². The lowest BCUT2D eigenvalue weighted by Crippen LogP contribution is -2.15. The van der Waals surface area contributed by atoms with E-state index in [1.54, 1.807) is 0 Å². The molecule has 0 bridgehead atoms. The molecule has 2 aromatic heterocycles. The molecule has 6 nitrogen and oxygen atoms in total. The van der Waals surface area contributed by atoms with Crippen molar-refractivity contribution in [2.45, 2.75) is 19.3 Å². The highest BCUT2D eigenvalue weighted by atomic mass is 35.5. The molecule has 1 aliphatic carbocycles. The van der Waals surface area contributed by atoms with Crippen molar-refractivity contribution in [2.75, 3.05) is 0 Å². The molecule has 0 amide bonds. The molecule has 1 aliphatic rings. The van der Waals surface area contributed by atoms with Crippen LogP contribution in [0.4, 0.5) is 4.39 Å². The molecule has 38 heavy (non-hydrogen) atoms. The van der Waals surface area contributed by atoms with Gasteiger partial charge in [-0.05, 0) is 81.1 Å². The lowest BCUT2D eigenvalue weighted by molar-refractivity contribution is 0.401. The van der Waals surface area contributed by atoms with Crippen LogP contribution in [-0.2, 0) is 0 Å². The average molecular weight is 523 g/mol. The van der Waals surface area contributed by atoms with Crippen LogP contribution >= 0.6 is 11.6 Å². The van der Waals surface area contributed by atoms with E-state index in [4.69, 9.17) is 11.6 Å². The number of aromatic nitrogens is 6. The third-order valence-electron chi connectivity index (χ3n) is 7.00. The van der Waals surface area contributed by atoms with Crippen molar-refractivity contribution in [3.8, 4) is 11.1 Å². The molecule has 2 heterocycles. The van der Waals surface area contributed by atoms with E-state index in [-0.39, 0.29) is 5.82 Å². The van der Waals surface area contributed by atoms with Crippen molar-refractivity contribution in [2.24, 2.45) is 5.92 Å². The maximum atomic E-state index is 14.0. The summed E-state index contributed by atoms with van der Waals surface area (Å²) in [5.74, 6) is 0.528. The molecule has 3 aromatic carbocycles. The SMILES string of the molecule is Fc1ccc(C(=C(c2ccc(C=Cc3nn[nH]n3)cc2)c2ccc(-c3cn[nH]c3)cc2)C2CCC2)c(Cl)c1. The minimum absolute atomic E-state index is 0.338. The van der Waals surface area contributed by atoms with Gasteiger partial charge < -0.3 is 0 Å². The van der Waals surface area contributed by atoms with Crippen molar-refractivity contribution in [3.63, 3.8) is 0 Å². The lowest BCUT2D eigenvalue weighted by Gasteiger charge is -2.32. The summed E-state index contributed by atoms with van der Waals surface area (Å²) in [6.07, 6.45) is 10.8. The quantitative estimate of drug-likeness (QED) is 0.219. The summed E-state index contributed by atoms with van der Waals surface area (Å²) < 4.78 is 14.0. The number of H-pyrrole nitrogens is 2. The highest BCUT2D eigenvalue weighted by Gasteiger charge is 2.28. The second-order valence-corrected chi connectivity index (χ2v) is 9.74. The Bertz CT molecular complexity index is 1580. The number of nitrogens with one attached hydrogen (secondary N) is 2. The molecule has 0 atom stereocenters. The Hall–Kier alpha value is -4.36. The Morgan fingerprint density at radius 2 is 1.68 bits per heavy atom. The van der Waals surface area contributed by atoms with Gasteiger partial charge in [0.1, 0.15) is 5.82 Å². The average Bonchev–Trinajstić information content (AvgIpc) is 3.62. The number of hydrogen-bond donors (Lipinski definition) is 2. The fourth-order valence-corrected chi connectivity index (χ4v) is 5.12. The van der Waals surface area contributed by atoms with Gasteiger partial charge in [0.15, 0.2) is 5.82 Å². The molecule has 5 aromatic rings. The van der Waals surface area contributed by atoms with E-state index in [1.165, 1.54) is 18.6 Å². The van der Waals surface area contributed by atoms with Crippen molar-refractivity contribution in [1.29, 1.82) is 0 Å². The van der Waals surface area contributed by atoms with Gasteiger partial charge in [0.2, 0.25) is 0 Å². The molecule has 1 fully saturated rings. The lowest BCUT2D eigenvalue weighted by atomic mass is 9.73. The topological polar surface area (TPSA) is 83.1 Å². The van der Waals surface area contributed by atoms with Crippen LogP contribution in [0.5, 0.6) is 0 Å². The zero-order chi connectivity index (χ0) is 25.9. The molecule has 2 N–H and O–H groups in total. The van der Waals surface area contributed by atoms with E-state index in [2.05, 4.69) is 79.4 Å². The van der Waals surface area contributed by atoms with Gasteiger partial charge in [0.05, 0.1) is 11.2 Å². The van der Waals surface area contributed by atoms with Crippen molar-refractivity contribution < 1.29 is 4.39 Å². The first-order valence-electron chi connectivity index (χ1n) is 12.5. The van der Waals surface area contributed by atoms with Crippen molar-refractivity contribution >= 4 is 34.9 Å². The maximum Gasteiger partial charge on any atom is 0.197 e. The van der Waals surface area contributed by atoms with Crippen LogP contribution in [0.15, 0.2) is 79.1 Å². The Morgan fingerprint density at radius 3 is 2.29 bits per heavy atom. The molecule has 1 saturated carbocycles. The fraction of sp³-hybridized carbons (Fsp3) is 0.133. The third kappa shape index (κ3) is 4.93. The van der Waals surface area contributed by atoms with Gasteiger partial charge in [-0.3, -0.25) is 5.10 Å². The molecule has 6 rings (SSSR count). The highest BCUT2D eigenvalue weighted by Crippen LogP contribution is 2.47. The zero-order valence-corrected chi connectivity index (χ0v) is 21.2. The van der Waals surface area contributed by atoms with Gasteiger partial charge in [0.25, 0.3) is 0 Å². The van der Waals surface area contributed by atoms with Gasteiger partial charge in [-0.1, -0.05) is 78.7 Å². The van der Waals surface area contributed by atoms with Gasteiger partial charge in [-0.15, -0.1) is 10.2 Å². The summed E-state index contributed by atoms with van der Waals surface area (Å²) in [4.78, 5) is 0. The molecular formula is C30H24ClFN6. The number of allylic oxidation sites excluding steroid dienone is 1. The molecule has 188 valence electrons. The van der Waals surface area contributed by atoms with Crippen LogP contribution in [0.2, 0.25) is 5.02 Å². The summed E-state index contributed by atoms with van der Waals surface area (Å²) in [6, 6.07) is 21.6. The predicted molar refractivity (Wildman–Crippen MR) is 148 cm³/mol. The smallest absolute Gasteiger partial charge is 0.197 e. The molecule has 0 saturated heterocycles. The largest absolute Gasteiger partial charge is 0.285 e. The molecular weight excluding hydrogens is 499 g/mol. The zero-order valence-electron chi connectivity index (χ0n) is 20.4. The van der Waals surface area contributed by atoms with E-state index >= 15 is 0 Å². The van der Waals surface area contributed by atoms with Crippen LogP contribution in [0, 0.1) is 11.7 Å². The van der Waals surface area contributed by atoms with Crippen molar-refractivity contribution in [3.05, 3.63) is 118 Å². The molecule has 8 heteroatoms. The molecule has 0 spiro atoms. The minimum Gasteiger partial charge on any atom is -0.285 e. The number of benzene rings is 3. The number of rotatable bonds is 7. The van der Waals surface area contributed by atoms with Crippen LogP contribution in [0.3, 0.4) is 0 Å². The summed E-state index contributed by atoms with van der Waals surface area (Å²) in [6.45, 7) is 0. The first-order valence-corrected chi connectivity index (χ1v) is 12.8. The Balaban J connectivity index is 1.48. The highest BCUT2D eigenvalue weighted by molar-refractivity contribution is 6.32. The number of hydrogen-bond acceptors (Lipinski definition) is 4. The molecule has 0 unspecified atom stereocenters. The van der Waals surface area contributed by atoms with E-state index in [0.29, 0.717) is 16.8 Å². The first-order chi connectivity index (χ1) is 18.7. The maximum absolute atomic E-state index is 14.0. The van der Waals surface area contributed by atoms with Gasteiger partial charge in [-0.2, -0.15) is 10.3 Å². The summed E-state index contributed by atoms with van der Waals surface area (Å²) >= 11 is 6.66. The van der Waals surface area contributed by atoms with Crippen molar-refractivity contribution in [1.82, 2.24) is 30.8 Å². The van der Waals surface area contributed by atoms with Crippen LogP contribution in [-0.4, -0.2) is 30.8 Å². The molecule has 0 radical (unpaired) electrons. The number of nitrogens with zero attached hydrogens (tertiary/aromatic N) is 4. The van der Waals surface area contributed by atoms with Crippen LogP contribution < -0.4 is 0 Å². The van der Waals surface area contributed by atoms with Gasteiger partial charge in [-0.25, -0.2) is 4.39 Å². The Morgan fingerprint density at radius 1 is 0.921 bits per heavy atom. The normalized spacial score (nSPS) is 14.5. The van der Waals surface area contributed by atoms with Gasteiger partial charge in [0, 0.05) is 11.8 Å². The second kappa shape index (κ2) is 10.6. The predicted octanol–water partition coefficient (Wildman–Crippen LogP) is 7.31. The number of halogens is 2. The van der Waals surface area contributed by atoms with E-state index in [9.17, 15) is 4.39 Å². The Labute approximate surface area is 224 Å². The van der Waals surface area contributed by atoms with E-state index < -0.39 is 0 Å². The minimum atomic E-state index is -0.338. The second-order valence-electron chi connectivity index (χ2n) is 9.33. The Kier molecular flexibility index (Phi) is 6.67. The third-order valence-corrected chi connectivity index (χ3v) is 7.31. The van der Waals surface area contributed by atoms with Gasteiger partial charge >= 0.3 is 0 Å². The fourth-order valence-electron chi connectivity index (χ4n) is 4.85. The monoisotopic (exact) mass is 522 g/mol. The summed E-state index contributed by atoms with van der Waals surface area (Å²) in [5, 5.41) is 21.3. The number of tetrazole rings is 1. The van der Waals surface area contributed by atoms with E-state index in [1.807, 2.05) is 30.6 Å².